The first-order chi connectivity index (χ1) is 12.1. The molecule has 0 atom stereocenters. The van der Waals surface area contributed by atoms with Gasteiger partial charge in [0.15, 0.2) is 0 Å². The molecular weight excluding hydrogens is 338 g/mol. The molecule has 6 nitrogen and oxygen atoms in total. The minimum Gasteiger partial charge on any atom is -0.510 e. The van der Waals surface area contributed by atoms with Crippen LogP contribution in [-0.2, 0) is 0 Å². The van der Waals surface area contributed by atoms with E-state index in [1.54, 1.807) is 25.2 Å². The lowest BCUT2D eigenvalue weighted by Crippen LogP contribution is -2.26. The van der Waals surface area contributed by atoms with Crippen LogP contribution in [0.15, 0.2) is 42.0 Å². The fourth-order valence-electron chi connectivity index (χ4n) is 2.70. The Balaban J connectivity index is 1.98. The number of nitrogens with zero attached hydrogens (tertiary/aromatic N) is 2. The summed E-state index contributed by atoms with van der Waals surface area (Å²) in [5.74, 6) is 1.81. The van der Waals surface area contributed by atoms with Gasteiger partial charge in [-0.2, -0.15) is 0 Å². The summed E-state index contributed by atoms with van der Waals surface area (Å²) in [5, 5.41) is 21.0. The highest BCUT2D eigenvalue weighted by atomic mass is 32.1. The molecule has 0 fully saturated rings. The van der Waals surface area contributed by atoms with Gasteiger partial charge in [-0.15, -0.1) is 17.9 Å². The van der Waals surface area contributed by atoms with E-state index in [4.69, 9.17) is 14.9 Å². The Labute approximate surface area is 150 Å². The third-order valence-corrected chi connectivity index (χ3v) is 4.79. The lowest BCUT2D eigenvalue weighted by atomic mass is 10.1. The summed E-state index contributed by atoms with van der Waals surface area (Å²) in [6, 6.07) is 5.51. The number of hydrogen-bond acceptors (Lipinski definition) is 6. The molecule has 2 N–H and O–H groups in total. The van der Waals surface area contributed by atoms with Gasteiger partial charge in [0.05, 0.1) is 32.0 Å². The molecular formula is C18H19N3O3S. The number of ether oxygens (including phenoxy) is 2. The van der Waals surface area contributed by atoms with Crippen LogP contribution in [0, 0.1) is 5.41 Å². The van der Waals surface area contributed by atoms with Crippen molar-refractivity contribution in [2.75, 3.05) is 27.3 Å². The van der Waals surface area contributed by atoms with Crippen molar-refractivity contribution >= 4 is 22.7 Å². The topological polar surface area (TPSA) is 78.7 Å². The van der Waals surface area contributed by atoms with Crippen LogP contribution in [-0.4, -0.2) is 48.1 Å². The number of hydrogen-bond donors (Lipinski definition) is 2. The number of benzene rings is 1. The van der Waals surface area contributed by atoms with Gasteiger partial charge in [0.25, 0.3) is 0 Å². The maximum atomic E-state index is 10.3. The summed E-state index contributed by atoms with van der Waals surface area (Å²) in [7, 11) is 3.21. The Morgan fingerprint density at radius 2 is 2.20 bits per heavy atom. The van der Waals surface area contributed by atoms with Crippen LogP contribution in [0.5, 0.6) is 11.5 Å². The fraction of sp³-hybridized carbons (Fsp3) is 0.222. The van der Waals surface area contributed by atoms with Gasteiger partial charge in [-0.3, -0.25) is 5.41 Å². The van der Waals surface area contributed by atoms with E-state index in [1.807, 2.05) is 23.6 Å². The first kappa shape index (κ1) is 17.0. The van der Waals surface area contributed by atoms with E-state index in [1.165, 1.54) is 11.3 Å². The maximum absolute atomic E-state index is 10.3. The van der Waals surface area contributed by atoms with Crippen molar-refractivity contribution < 1.29 is 14.6 Å². The summed E-state index contributed by atoms with van der Waals surface area (Å²) in [4.78, 5) is 6.35. The smallest absolute Gasteiger partial charge is 0.135 e. The van der Waals surface area contributed by atoms with Crippen LogP contribution < -0.4 is 9.47 Å². The average Bonchev–Trinajstić information content (AvgIpc) is 3.19. The molecule has 2 heterocycles. The molecule has 0 aliphatic carbocycles. The molecule has 3 rings (SSSR count). The molecule has 0 amide bonds. The van der Waals surface area contributed by atoms with E-state index in [2.05, 4.69) is 11.6 Å². The van der Waals surface area contributed by atoms with Gasteiger partial charge >= 0.3 is 0 Å². The number of rotatable bonds is 6. The van der Waals surface area contributed by atoms with Crippen LogP contribution in [0.1, 0.15) is 5.01 Å². The molecule has 1 aliphatic heterocycles. The third kappa shape index (κ3) is 3.10. The zero-order chi connectivity index (χ0) is 18.0. The Morgan fingerprint density at radius 1 is 1.40 bits per heavy atom. The van der Waals surface area contributed by atoms with Crippen molar-refractivity contribution in [3.8, 4) is 22.8 Å². The second-order valence-corrected chi connectivity index (χ2v) is 6.30. The van der Waals surface area contributed by atoms with E-state index in [0.717, 1.165) is 5.56 Å². The molecule has 0 unspecified atom stereocenters. The Hall–Kier alpha value is -2.80. The van der Waals surface area contributed by atoms with E-state index in [9.17, 15) is 5.11 Å². The second kappa shape index (κ2) is 6.98. The van der Waals surface area contributed by atoms with E-state index < -0.39 is 0 Å². The molecule has 0 spiro atoms. The van der Waals surface area contributed by atoms with Crippen molar-refractivity contribution in [2.24, 2.45) is 0 Å². The van der Waals surface area contributed by atoms with Crippen LogP contribution >= 0.6 is 11.3 Å². The van der Waals surface area contributed by atoms with Crippen molar-refractivity contribution in [3.05, 3.63) is 47.0 Å². The lowest BCUT2D eigenvalue weighted by molar-refractivity contribution is 0.362. The molecule has 25 heavy (non-hydrogen) atoms. The molecule has 0 saturated heterocycles. The minimum atomic E-state index is 0.158. The van der Waals surface area contributed by atoms with Crippen LogP contribution in [0.25, 0.3) is 16.8 Å². The van der Waals surface area contributed by atoms with Gasteiger partial charge in [0.2, 0.25) is 0 Å². The summed E-state index contributed by atoms with van der Waals surface area (Å²) < 4.78 is 10.7. The van der Waals surface area contributed by atoms with Crippen molar-refractivity contribution in [1.29, 1.82) is 5.41 Å². The number of nitrogens with one attached hydrogen (secondary N) is 1. The van der Waals surface area contributed by atoms with Crippen LogP contribution in [0.4, 0.5) is 0 Å². The normalized spacial score (nSPS) is 14.2. The predicted molar refractivity (Wildman–Crippen MR) is 99.7 cm³/mol. The standard InChI is InChI=1S/C18H19N3O3S/c1-4-7-21-9-14(22)16(17(21)19)18-20-13(10-25-18)12-8-11(23-2)5-6-15(12)24-3/h4-6,8,10,19,22H,1,7,9H2,2-3H3. The largest absolute Gasteiger partial charge is 0.510 e. The lowest BCUT2D eigenvalue weighted by Gasteiger charge is -2.15. The first-order valence-electron chi connectivity index (χ1n) is 7.64. The van der Waals surface area contributed by atoms with Crippen molar-refractivity contribution in [1.82, 2.24) is 9.88 Å². The maximum Gasteiger partial charge on any atom is 0.135 e. The van der Waals surface area contributed by atoms with Gasteiger partial charge in [0, 0.05) is 17.5 Å². The minimum absolute atomic E-state index is 0.158. The van der Waals surface area contributed by atoms with E-state index >= 15 is 0 Å². The zero-order valence-corrected chi connectivity index (χ0v) is 14.9. The first-order valence-corrected chi connectivity index (χ1v) is 8.52. The number of aromatic nitrogens is 1. The molecule has 7 heteroatoms. The number of aliphatic hydroxyl groups is 1. The van der Waals surface area contributed by atoms with Gasteiger partial charge in [-0.1, -0.05) is 6.08 Å². The third-order valence-electron chi connectivity index (χ3n) is 3.93. The highest BCUT2D eigenvalue weighted by molar-refractivity contribution is 7.11. The number of amidine groups is 1. The molecule has 2 aromatic rings. The quantitative estimate of drug-likeness (QED) is 0.773. The van der Waals surface area contributed by atoms with Gasteiger partial charge < -0.3 is 19.5 Å². The molecule has 0 radical (unpaired) electrons. The van der Waals surface area contributed by atoms with Gasteiger partial charge in [0.1, 0.15) is 28.1 Å². The van der Waals surface area contributed by atoms with Crippen molar-refractivity contribution in [3.63, 3.8) is 0 Å². The Morgan fingerprint density at radius 3 is 2.88 bits per heavy atom. The van der Waals surface area contributed by atoms with Gasteiger partial charge in [-0.05, 0) is 18.2 Å². The monoisotopic (exact) mass is 357 g/mol. The molecule has 1 aliphatic rings. The second-order valence-electron chi connectivity index (χ2n) is 5.44. The molecule has 130 valence electrons. The highest BCUT2D eigenvalue weighted by Gasteiger charge is 2.29. The molecule has 0 saturated carbocycles. The van der Waals surface area contributed by atoms with E-state index in [0.29, 0.717) is 40.9 Å². The summed E-state index contributed by atoms with van der Waals surface area (Å²) in [6.45, 7) is 4.49. The average molecular weight is 357 g/mol. The van der Waals surface area contributed by atoms with Gasteiger partial charge in [-0.25, -0.2) is 4.98 Å². The Kier molecular flexibility index (Phi) is 4.76. The molecule has 0 bridgehead atoms. The van der Waals surface area contributed by atoms with Crippen molar-refractivity contribution in [2.45, 2.75) is 0 Å². The summed E-state index contributed by atoms with van der Waals surface area (Å²) >= 11 is 1.38. The van der Waals surface area contributed by atoms with Crippen LogP contribution in [0.2, 0.25) is 0 Å². The highest BCUT2D eigenvalue weighted by Crippen LogP contribution is 2.37. The van der Waals surface area contributed by atoms with Crippen LogP contribution in [0.3, 0.4) is 0 Å². The zero-order valence-electron chi connectivity index (χ0n) is 14.1. The SMILES string of the molecule is C=CCN1CC(O)=C(c2nc(-c3cc(OC)ccc3OC)cs2)C1=N. The fourth-order valence-corrected chi connectivity index (χ4v) is 3.58. The summed E-state index contributed by atoms with van der Waals surface area (Å²) in [5.41, 5.74) is 1.99. The van der Waals surface area contributed by atoms with E-state index in [-0.39, 0.29) is 11.6 Å². The predicted octanol–water partition coefficient (Wildman–Crippen LogP) is 3.58. The molecule has 1 aromatic heterocycles. The summed E-state index contributed by atoms with van der Waals surface area (Å²) in [6.07, 6.45) is 1.71. The Bertz CT molecular complexity index is 857. The number of aliphatic hydroxyl groups excluding tert-OH is 1. The number of methoxy groups -OCH3 is 2. The number of thiazole rings is 1. The molecule has 1 aromatic carbocycles.